The minimum Gasteiger partial charge on any atom is -0.421 e. The average molecular weight is 362 g/mol. The van der Waals surface area contributed by atoms with Gasteiger partial charge >= 0.3 is 5.97 Å². The Balaban J connectivity index is 2.19. The summed E-state index contributed by atoms with van der Waals surface area (Å²) in [4.78, 5) is 16.0. The highest BCUT2D eigenvalue weighted by atomic mass is 16.5. The van der Waals surface area contributed by atoms with Gasteiger partial charge in [-0.3, -0.25) is 14.5 Å². The van der Waals surface area contributed by atoms with Crippen molar-refractivity contribution in [1.29, 1.82) is 5.26 Å². The summed E-state index contributed by atoms with van der Waals surface area (Å²) in [6.45, 7) is 5.00. The van der Waals surface area contributed by atoms with Crippen molar-refractivity contribution in [1.82, 2.24) is 24.5 Å². The van der Waals surface area contributed by atoms with Gasteiger partial charge < -0.3 is 4.74 Å². The third-order valence-electron chi connectivity index (χ3n) is 4.05. The number of hydrogen-bond donors (Lipinski definition) is 0. The van der Waals surface area contributed by atoms with Crippen LogP contribution in [0.2, 0.25) is 0 Å². The number of nitriles is 1. The molecule has 0 fully saturated rings. The van der Waals surface area contributed by atoms with Crippen molar-refractivity contribution < 1.29 is 9.53 Å². The van der Waals surface area contributed by atoms with E-state index in [1.807, 2.05) is 32.0 Å². The summed E-state index contributed by atoms with van der Waals surface area (Å²) in [5.74, 6) is -0.422. The third kappa shape index (κ3) is 3.48. The predicted molar refractivity (Wildman–Crippen MR) is 98.6 cm³/mol. The number of hydrogen-bond acceptors (Lipinski definition) is 6. The van der Waals surface area contributed by atoms with E-state index in [-0.39, 0.29) is 11.5 Å². The monoisotopic (exact) mass is 362 g/mol. The van der Waals surface area contributed by atoms with E-state index in [1.165, 1.54) is 11.6 Å². The lowest BCUT2D eigenvalue weighted by molar-refractivity contribution is -0.134. The van der Waals surface area contributed by atoms with Crippen LogP contribution in [0.3, 0.4) is 0 Å². The number of carbonyl (C=O) groups excluding carboxylic acids is 1. The van der Waals surface area contributed by atoms with Gasteiger partial charge in [-0.2, -0.15) is 15.5 Å². The number of rotatable bonds is 4. The van der Waals surface area contributed by atoms with Crippen molar-refractivity contribution in [2.75, 3.05) is 0 Å². The molecule has 27 heavy (non-hydrogen) atoms. The van der Waals surface area contributed by atoms with Gasteiger partial charge in [0.1, 0.15) is 17.5 Å². The molecule has 0 bridgehead atoms. The first kappa shape index (κ1) is 18.1. The lowest BCUT2D eigenvalue weighted by Gasteiger charge is -2.11. The molecule has 136 valence electrons. The highest BCUT2D eigenvalue weighted by Crippen LogP contribution is 2.28. The summed E-state index contributed by atoms with van der Waals surface area (Å²) in [6.07, 6.45) is 3.30. The van der Waals surface area contributed by atoms with Gasteiger partial charge in [-0.25, -0.2) is 4.68 Å². The normalized spacial score (nSPS) is 11.7. The van der Waals surface area contributed by atoms with Crippen molar-refractivity contribution in [3.8, 4) is 17.5 Å². The number of aromatic nitrogens is 5. The second-order valence-corrected chi connectivity index (χ2v) is 5.93. The van der Waals surface area contributed by atoms with Crippen molar-refractivity contribution in [2.24, 2.45) is 7.05 Å². The molecule has 3 heterocycles. The Morgan fingerprint density at radius 2 is 1.96 bits per heavy atom. The minimum absolute atomic E-state index is 0.0819. The highest BCUT2D eigenvalue weighted by molar-refractivity contribution is 5.90. The van der Waals surface area contributed by atoms with Gasteiger partial charge in [-0.05, 0) is 32.0 Å². The summed E-state index contributed by atoms with van der Waals surface area (Å²) in [7, 11) is 1.73. The average Bonchev–Trinajstić information content (AvgIpc) is 3.21. The van der Waals surface area contributed by atoms with Crippen LogP contribution >= 0.6 is 0 Å². The van der Waals surface area contributed by atoms with Crippen LogP contribution in [0.15, 0.2) is 36.7 Å². The van der Waals surface area contributed by atoms with Crippen LogP contribution in [-0.4, -0.2) is 30.5 Å². The van der Waals surface area contributed by atoms with Crippen LogP contribution in [0.5, 0.6) is 0 Å². The summed E-state index contributed by atoms with van der Waals surface area (Å²) in [6, 6.07) is 9.33. The van der Waals surface area contributed by atoms with Gasteiger partial charge in [-0.15, -0.1) is 0 Å². The zero-order chi connectivity index (χ0) is 19.6. The maximum Gasteiger partial charge on any atom is 0.308 e. The molecule has 0 aromatic carbocycles. The fraction of sp³-hybridized carbons (Fsp3) is 0.211. The zero-order valence-electron chi connectivity index (χ0n) is 15.5. The van der Waals surface area contributed by atoms with Gasteiger partial charge in [0, 0.05) is 31.9 Å². The molecule has 0 aliphatic rings. The summed E-state index contributed by atoms with van der Waals surface area (Å²) in [5, 5.41) is 18.6. The molecule has 0 aliphatic carbocycles. The Bertz CT molecular complexity index is 1070. The first-order valence-electron chi connectivity index (χ1n) is 8.23. The molecule has 0 saturated heterocycles. The van der Waals surface area contributed by atoms with Crippen LogP contribution in [0.25, 0.3) is 22.8 Å². The number of pyridine rings is 1. The summed E-state index contributed by atoms with van der Waals surface area (Å²) < 4.78 is 8.38. The molecule has 8 nitrogen and oxygen atoms in total. The molecule has 3 aromatic heterocycles. The van der Waals surface area contributed by atoms with E-state index in [0.717, 1.165) is 11.3 Å². The van der Waals surface area contributed by atoms with Gasteiger partial charge in [0.15, 0.2) is 11.5 Å². The van der Waals surface area contributed by atoms with Gasteiger partial charge in [-0.1, -0.05) is 6.07 Å². The Kier molecular flexibility index (Phi) is 4.86. The number of aryl methyl sites for hydroxylation is 2. The minimum atomic E-state index is -0.534. The fourth-order valence-corrected chi connectivity index (χ4v) is 2.74. The van der Waals surface area contributed by atoms with Gasteiger partial charge in [0.2, 0.25) is 0 Å². The maximum absolute atomic E-state index is 11.7. The van der Waals surface area contributed by atoms with Crippen molar-refractivity contribution in [3.05, 3.63) is 53.6 Å². The second-order valence-electron chi connectivity index (χ2n) is 5.93. The van der Waals surface area contributed by atoms with Crippen LogP contribution < -0.4 is 0 Å². The van der Waals surface area contributed by atoms with Crippen LogP contribution in [-0.2, 0) is 16.6 Å². The Morgan fingerprint density at radius 1 is 1.19 bits per heavy atom. The molecular weight excluding hydrogens is 344 g/mol. The first-order valence-corrected chi connectivity index (χ1v) is 8.23. The van der Waals surface area contributed by atoms with E-state index in [9.17, 15) is 10.1 Å². The van der Waals surface area contributed by atoms with Crippen molar-refractivity contribution in [2.45, 2.75) is 20.8 Å². The number of ether oxygens (including phenoxy) is 1. The molecule has 0 N–H and O–H groups in total. The molecule has 8 heteroatoms. The molecule has 3 rings (SSSR count). The molecule has 0 saturated carbocycles. The maximum atomic E-state index is 11.7. The van der Waals surface area contributed by atoms with E-state index in [2.05, 4.69) is 21.3 Å². The summed E-state index contributed by atoms with van der Waals surface area (Å²) >= 11 is 0. The van der Waals surface area contributed by atoms with E-state index in [1.54, 1.807) is 30.2 Å². The molecule has 0 aliphatic heterocycles. The van der Waals surface area contributed by atoms with E-state index in [4.69, 9.17) is 4.74 Å². The Hall–Kier alpha value is -3.73. The lowest BCUT2D eigenvalue weighted by Crippen LogP contribution is -2.10. The number of nitrogens with zero attached hydrogens (tertiary/aromatic N) is 6. The molecular formula is C19H18N6O2. The number of esters is 1. The van der Waals surface area contributed by atoms with E-state index in [0.29, 0.717) is 17.1 Å². The molecule has 0 atom stereocenters. The number of carbonyl (C=O) groups is 1. The number of allylic oxidation sites excluding steroid dienone is 1. The van der Waals surface area contributed by atoms with Crippen molar-refractivity contribution in [3.63, 3.8) is 0 Å². The largest absolute Gasteiger partial charge is 0.421 e. The first-order chi connectivity index (χ1) is 12.9. The smallest absolute Gasteiger partial charge is 0.308 e. The molecule has 0 radical (unpaired) electrons. The Morgan fingerprint density at radius 3 is 2.52 bits per heavy atom. The molecule has 3 aromatic rings. The highest BCUT2D eigenvalue weighted by Gasteiger charge is 2.23. The van der Waals surface area contributed by atoms with Crippen LogP contribution in [0.1, 0.15) is 23.9 Å². The Labute approximate surface area is 156 Å². The molecule has 0 amide bonds. The SMILES string of the molecule is CC(=O)OC(=C(C#N)n1ccc(-c2ccccn2)n1)c1c(C)c(C)nn1C. The quantitative estimate of drug-likeness (QED) is 0.402. The molecule has 0 unspecified atom stereocenters. The molecule has 0 spiro atoms. The summed E-state index contributed by atoms with van der Waals surface area (Å²) in [5.41, 5.74) is 3.51. The zero-order valence-corrected chi connectivity index (χ0v) is 15.5. The fourth-order valence-electron chi connectivity index (χ4n) is 2.74. The van der Waals surface area contributed by atoms with Crippen LogP contribution in [0.4, 0.5) is 0 Å². The lowest BCUT2D eigenvalue weighted by atomic mass is 10.1. The van der Waals surface area contributed by atoms with E-state index >= 15 is 0 Å². The van der Waals surface area contributed by atoms with E-state index < -0.39 is 5.97 Å². The second kappa shape index (κ2) is 7.25. The van der Waals surface area contributed by atoms with Gasteiger partial charge in [0.25, 0.3) is 0 Å². The predicted octanol–water partition coefficient (Wildman–Crippen LogP) is 2.71. The van der Waals surface area contributed by atoms with Crippen molar-refractivity contribution >= 4 is 17.4 Å². The van der Waals surface area contributed by atoms with Gasteiger partial charge in [0.05, 0.1) is 11.4 Å². The topological polar surface area (TPSA) is 98.6 Å². The third-order valence-corrected chi connectivity index (χ3v) is 4.05. The van der Waals surface area contributed by atoms with Crippen LogP contribution in [0, 0.1) is 25.2 Å². The standard InChI is InChI=1S/C19H18N6O2/c1-12-13(2)22-24(4)18(12)19(27-14(3)26)17(11-20)25-10-8-16(23-25)15-7-5-6-9-21-15/h5-10H,1-4H3.